The van der Waals surface area contributed by atoms with Gasteiger partial charge in [-0.25, -0.2) is 9.97 Å². The van der Waals surface area contributed by atoms with Crippen LogP contribution in [0.3, 0.4) is 0 Å². The summed E-state index contributed by atoms with van der Waals surface area (Å²) in [5.74, 6) is 1.47. The molecule has 0 saturated carbocycles. The van der Waals surface area contributed by atoms with E-state index >= 15 is 0 Å². The number of anilines is 1. The molecule has 0 aliphatic carbocycles. The molecule has 0 unspecified atom stereocenters. The normalized spacial score (nSPS) is 10.5. The SMILES string of the molecule is CNc1nc(C)cc(-n2cnc(C)c2C)n1. The molecule has 0 bridgehead atoms. The fourth-order valence-corrected chi connectivity index (χ4v) is 1.52. The van der Waals surface area contributed by atoms with Crippen LogP contribution in [0.1, 0.15) is 17.1 Å². The molecule has 0 fully saturated rings. The van der Waals surface area contributed by atoms with E-state index < -0.39 is 0 Å². The molecule has 5 heteroatoms. The molecular formula is C11H15N5. The van der Waals surface area contributed by atoms with Crippen molar-refractivity contribution in [3.8, 4) is 5.82 Å². The molecule has 0 saturated heterocycles. The highest BCUT2D eigenvalue weighted by atomic mass is 15.2. The van der Waals surface area contributed by atoms with Crippen LogP contribution in [0.2, 0.25) is 0 Å². The lowest BCUT2D eigenvalue weighted by Gasteiger charge is -2.07. The van der Waals surface area contributed by atoms with Gasteiger partial charge in [0.15, 0.2) is 0 Å². The first-order valence-electron chi connectivity index (χ1n) is 5.16. The van der Waals surface area contributed by atoms with Gasteiger partial charge in [-0.1, -0.05) is 0 Å². The zero-order chi connectivity index (χ0) is 11.7. The van der Waals surface area contributed by atoms with E-state index in [1.165, 1.54) is 0 Å². The van der Waals surface area contributed by atoms with E-state index in [2.05, 4.69) is 20.3 Å². The molecule has 0 radical (unpaired) electrons. The quantitative estimate of drug-likeness (QED) is 0.830. The van der Waals surface area contributed by atoms with E-state index in [0.29, 0.717) is 5.95 Å². The molecule has 0 spiro atoms. The van der Waals surface area contributed by atoms with Gasteiger partial charge < -0.3 is 5.32 Å². The van der Waals surface area contributed by atoms with Crippen LogP contribution in [-0.4, -0.2) is 26.6 Å². The smallest absolute Gasteiger partial charge is 0.224 e. The fraction of sp³-hybridized carbons (Fsp3) is 0.364. The van der Waals surface area contributed by atoms with Gasteiger partial charge in [0, 0.05) is 24.5 Å². The first-order valence-corrected chi connectivity index (χ1v) is 5.16. The van der Waals surface area contributed by atoms with Gasteiger partial charge >= 0.3 is 0 Å². The van der Waals surface area contributed by atoms with E-state index in [1.54, 1.807) is 6.33 Å². The second-order valence-corrected chi connectivity index (χ2v) is 3.73. The van der Waals surface area contributed by atoms with Crippen LogP contribution in [0, 0.1) is 20.8 Å². The topological polar surface area (TPSA) is 55.6 Å². The van der Waals surface area contributed by atoms with E-state index in [0.717, 1.165) is 22.9 Å². The molecule has 0 amide bonds. The molecule has 2 aromatic heterocycles. The standard InChI is InChI=1S/C11H15N5/c1-7-5-10(15-11(12-4)14-7)16-6-13-8(2)9(16)3/h5-6H,1-4H3,(H,12,14,15). The van der Waals surface area contributed by atoms with Crippen molar-refractivity contribution in [2.24, 2.45) is 0 Å². The van der Waals surface area contributed by atoms with Crippen LogP contribution >= 0.6 is 0 Å². The summed E-state index contributed by atoms with van der Waals surface area (Å²) in [6.45, 7) is 5.96. The number of aryl methyl sites for hydroxylation is 2. The summed E-state index contributed by atoms with van der Waals surface area (Å²) in [5.41, 5.74) is 3.04. The third kappa shape index (κ3) is 1.76. The van der Waals surface area contributed by atoms with E-state index in [-0.39, 0.29) is 0 Å². The lowest BCUT2D eigenvalue weighted by molar-refractivity contribution is 0.927. The second kappa shape index (κ2) is 3.92. The largest absolute Gasteiger partial charge is 0.357 e. The Hall–Kier alpha value is -1.91. The van der Waals surface area contributed by atoms with E-state index in [4.69, 9.17) is 0 Å². The number of nitrogens with one attached hydrogen (secondary N) is 1. The van der Waals surface area contributed by atoms with Crippen molar-refractivity contribution in [2.75, 3.05) is 12.4 Å². The predicted molar refractivity (Wildman–Crippen MR) is 62.9 cm³/mol. The molecular weight excluding hydrogens is 202 g/mol. The van der Waals surface area contributed by atoms with E-state index in [1.807, 2.05) is 38.5 Å². The summed E-state index contributed by atoms with van der Waals surface area (Å²) in [4.78, 5) is 12.9. The van der Waals surface area contributed by atoms with Crippen molar-refractivity contribution >= 4 is 5.95 Å². The molecule has 16 heavy (non-hydrogen) atoms. The molecule has 2 heterocycles. The average Bonchev–Trinajstić information content (AvgIpc) is 2.59. The Bertz CT molecular complexity index is 515. The van der Waals surface area contributed by atoms with Gasteiger partial charge in [-0.2, -0.15) is 4.98 Å². The van der Waals surface area contributed by atoms with Crippen LogP contribution in [0.4, 0.5) is 5.95 Å². The molecule has 0 aliphatic heterocycles. The maximum absolute atomic E-state index is 4.40. The van der Waals surface area contributed by atoms with Crippen molar-refractivity contribution in [1.29, 1.82) is 0 Å². The Balaban J connectivity index is 2.55. The van der Waals surface area contributed by atoms with Gasteiger partial charge in [0.2, 0.25) is 5.95 Å². The van der Waals surface area contributed by atoms with Gasteiger partial charge in [0.05, 0.1) is 5.69 Å². The first-order chi connectivity index (χ1) is 7.61. The van der Waals surface area contributed by atoms with Gasteiger partial charge in [0.1, 0.15) is 12.1 Å². The lowest BCUT2D eigenvalue weighted by Crippen LogP contribution is -2.04. The van der Waals surface area contributed by atoms with Gasteiger partial charge in [0.25, 0.3) is 0 Å². The van der Waals surface area contributed by atoms with Gasteiger partial charge in [-0.05, 0) is 20.8 Å². The lowest BCUT2D eigenvalue weighted by atomic mass is 10.3. The third-order valence-corrected chi connectivity index (χ3v) is 2.56. The van der Waals surface area contributed by atoms with Crippen LogP contribution < -0.4 is 5.32 Å². The number of hydrogen-bond donors (Lipinski definition) is 1. The predicted octanol–water partition coefficient (Wildman–Crippen LogP) is 1.63. The number of nitrogens with zero attached hydrogens (tertiary/aromatic N) is 4. The highest BCUT2D eigenvalue weighted by Gasteiger charge is 2.07. The van der Waals surface area contributed by atoms with Crippen molar-refractivity contribution in [2.45, 2.75) is 20.8 Å². The van der Waals surface area contributed by atoms with Gasteiger partial charge in [-0.15, -0.1) is 0 Å². The van der Waals surface area contributed by atoms with Crippen LogP contribution in [0.25, 0.3) is 5.82 Å². The summed E-state index contributed by atoms with van der Waals surface area (Å²) in [6.07, 6.45) is 1.78. The zero-order valence-electron chi connectivity index (χ0n) is 9.94. The number of rotatable bonds is 2. The third-order valence-electron chi connectivity index (χ3n) is 2.56. The minimum Gasteiger partial charge on any atom is -0.357 e. The fourth-order valence-electron chi connectivity index (χ4n) is 1.52. The number of aromatic nitrogens is 4. The Labute approximate surface area is 94.6 Å². The first kappa shape index (κ1) is 10.6. The zero-order valence-corrected chi connectivity index (χ0v) is 9.94. The average molecular weight is 217 g/mol. The highest BCUT2D eigenvalue weighted by Crippen LogP contribution is 2.13. The van der Waals surface area contributed by atoms with Crippen molar-refractivity contribution in [3.63, 3.8) is 0 Å². The summed E-state index contributed by atoms with van der Waals surface area (Å²) in [7, 11) is 1.81. The summed E-state index contributed by atoms with van der Waals surface area (Å²) < 4.78 is 1.96. The Kier molecular flexibility index (Phi) is 2.60. The molecule has 1 N–H and O–H groups in total. The van der Waals surface area contributed by atoms with Crippen molar-refractivity contribution in [3.05, 3.63) is 29.5 Å². The molecule has 2 rings (SSSR count). The Morgan fingerprint density at radius 2 is 1.94 bits per heavy atom. The van der Waals surface area contributed by atoms with Gasteiger partial charge in [-0.3, -0.25) is 4.57 Å². The van der Waals surface area contributed by atoms with Crippen molar-refractivity contribution < 1.29 is 0 Å². The molecule has 0 atom stereocenters. The molecule has 5 nitrogen and oxygen atoms in total. The summed E-state index contributed by atoms with van der Waals surface area (Å²) >= 11 is 0. The minimum absolute atomic E-state index is 0.626. The highest BCUT2D eigenvalue weighted by molar-refractivity contribution is 5.36. The maximum Gasteiger partial charge on any atom is 0.224 e. The van der Waals surface area contributed by atoms with Crippen LogP contribution in [0.15, 0.2) is 12.4 Å². The monoisotopic (exact) mass is 217 g/mol. The summed E-state index contributed by atoms with van der Waals surface area (Å²) in [6, 6.07) is 1.94. The van der Waals surface area contributed by atoms with Crippen LogP contribution in [-0.2, 0) is 0 Å². The van der Waals surface area contributed by atoms with Crippen molar-refractivity contribution in [1.82, 2.24) is 19.5 Å². The Morgan fingerprint density at radius 1 is 1.19 bits per heavy atom. The maximum atomic E-state index is 4.40. The number of hydrogen-bond acceptors (Lipinski definition) is 4. The molecule has 0 aliphatic rings. The second-order valence-electron chi connectivity index (χ2n) is 3.73. The number of imidazole rings is 1. The van der Waals surface area contributed by atoms with Crippen LogP contribution in [0.5, 0.6) is 0 Å². The summed E-state index contributed by atoms with van der Waals surface area (Å²) in [5, 5.41) is 2.95. The molecule has 0 aromatic carbocycles. The van der Waals surface area contributed by atoms with E-state index in [9.17, 15) is 0 Å². The minimum atomic E-state index is 0.626. The molecule has 2 aromatic rings. The Morgan fingerprint density at radius 3 is 2.50 bits per heavy atom. The molecule has 84 valence electrons.